The van der Waals surface area contributed by atoms with E-state index < -0.39 is 34.3 Å². The highest BCUT2D eigenvalue weighted by Crippen LogP contribution is 2.32. The van der Waals surface area contributed by atoms with Crippen molar-refractivity contribution in [3.8, 4) is 0 Å². The first kappa shape index (κ1) is 34.2. The molecule has 2 N–H and O–H groups in total. The SMILES string of the molecule is CCC(C)(OC(C)CC(C)(C)OC(C)(C)CC(C)OC(C)(C)C(=O)CCC(=O)O)C(=O)CCC(=O)O. The predicted molar refractivity (Wildman–Crippen MR) is 136 cm³/mol. The van der Waals surface area contributed by atoms with E-state index in [2.05, 4.69) is 0 Å². The number of Topliss-reactive ketones (excluding diaryl/α,β-unsaturated/α-hetero) is 2. The maximum atomic E-state index is 12.6. The van der Waals surface area contributed by atoms with E-state index in [1.54, 1.807) is 20.8 Å². The van der Waals surface area contributed by atoms with Gasteiger partial charge in [0.05, 0.1) is 36.3 Å². The molecule has 0 amide bonds. The van der Waals surface area contributed by atoms with Gasteiger partial charge < -0.3 is 24.4 Å². The summed E-state index contributed by atoms with van der Waals surface area (Å²) in [6, 6.07) is 0. The van der Waals surface area contributed by atoms with Crippen molar-refractivity contribution < 1.29 is 43.6 Å². The summed E-state index contributed by atoms with van der Waals surface area (Å²) in [7, 11) is 0. The second-order valence-corrected chi connectivity index (χ2v) is 11.6. The molecule has 0 aliphatic rings. The fraction of sp³-hybridized carbons (Fsp3) is 0.852. The van der Waals surface area contributed by atoms with E-state index in [4.69, 9.17) is 24.4 Å². The number of carboxylic acids is 2. The Hall–Kier alpha value is -1.84. The van der Waals surface area contributed by atoms with Crippen LogP contribution in [0.3, 0.4) is 0 Å². The van der Waals surface area contributed by atoms with Gasteiger partial charge in [-0.15, -0.1) is 0 Å². The lowest BCUT2D eigenvalue weighted by molar-refractivity contribution is -0.181. The summed E-state index contributed by atoms with van der Waals surface area (Å²) in [6.45, 7) is 18.3. The molecule has 0 rings (SSSR count). The van der Waals surface area contributed by atoms with Crippen LogP contribution >= 0.6 is 0 Å². The van der Waals surface area contributed by atoms with Gasteiger partial charge in [0, 0.05) is 25.7 Å². The molecule has 0 aliphatic heterocycles. The number of carbonyl (C=O) groups excluding carboxylic acids is 2. The summed E-state index contributed by atoms with van der Waals surface area (Å²) in [6.07, 6.45) is 0.133. The zero-order valence-electron chi connectivity index (χ0n) is 23.9. The fourth-order valence-corrected chi connectivity index (χ4v) is 4.66. The largest absolute Gasteiger partial charge is 0.481 e. The van der Waals surface area contributed by atoms with Crippen molar-refractivity contribution in [2.45, 2.75) is 149 Å². The first-order chi connectivity index (χ1) is 16.1. The number of rotatable bonds is 19. The summed E-state index contributed by atoms with van der Waals surface area (Å²) in [5, 5.41) is 17.7. The van der Waals surface area contributed by atoms with Crippen LogP contribution in [0.25, 0.3) is 0 Å². The smallest absolute Gasteiger partial charge is 0.303 e. The van der Waals surface area contributed by atoms with E-state index in [0.29, 0.717) is 19.3 Å². The molecule has 0 radical (unpaired) electrons. The number of carbonyl (C=O) groups is 4. The monoisotopic (exact) mass is 516 g/mol. The van der Waals surface area contributed by atoms with Crippen LogP contribution in [0.1, 0.15) is 114 Å². The van der Waals surface area contributed by atoms with Crippen LogP contribution in [0.4, 0.5) is 0 Å². The van der Waals surface area contributed by atoms with E-state index in [1.165, 1.54) is 0 Å². The Morgan fingerprint density at radius 3 is 1.44 bits per heavy atom. The van der Waals surface area contributed by atoms with Gasteiger partial charge >= 0.3 is 11.9 Å². The molecular formula is C27H48O9. The molecule has 0 saturated carbocycles. The topological polar surface area (TPSA) is 136 Å². The summed E-state index contributed by atoms with van der Waals surface area (Å²) < 4.78 is 18.5. The van der Waals surface area contributed by atoms with E-state index in [-0.39, 0.29) is 49.5 Å². The van der Waals surface area contributed by atoms with E-state index >= 15 is 0 Å². The Balaban J connectivity index is 5.06. The van der Waals surface area contributed by atoms with Crippen molar-refractivity contribution in [2.24, 2.45) is 0 Å². The van der Waals surface area contributed by atoms with Crippen molar-refractivity contribution in [1.29, 1.82) is 0 Å². The van der Waals surface area contributed by atoms with Gasteiger partial charge in [0.2, 0.25) is 0 Å². The fourth-order valence-electron chi connectivity index (χ4n) is 4.66. The molecule has 210 valence electrons. The molecule has 0 fully saturated rings. The van der Waals surface area contributed by atoms with Crippen molar-refractivity contribution >= 4 is 23.5 Å². The second-order valence-electron chi connectivity index (χ2n) is 11.6. The van der Waals surface area contributed by atoms with Crippen LogP contribution < -0.4 is 0 Å². The molecule has 9 nitrogen and oxygen atoms in total. The molecule has 36 heavy (non-hydrogen) atoms. The summed E-state index contributed by atoms with van der Waals surface area (Å²) >= 11 is 0. The quantitative estimate of drug-likeness (QED) is 0.244. The third-order valence-electron chi connectivity index (χ3n) is 6.14. The van der Waals surface area contributed by atoms with Gasteiger partial charge in [-0.05, 0) is 68.7 Å². The zero-order valence-corrected chi connectivity index (χ0v) is 23.9. The minimum atomic E-state index is -1.11. The average Bonchev–Trinajstić information content (AvgIpc) is 2.66. The van der Waals surface area contributed by atoms with E-state index in [0.717, 1.165) is 0 Å². The van der Waals surface area contributed by atoms with Crippen LogP contribution in [-0.2, 0) is 33.4 Å². The summed E-state index contributed by atoms with van der Waals surface area (Å²) in [5.41, 5.74) is -3.41. The minimum Gasteiger partial charge on any atom is -0.481 e. The molecule has 0 saturated heterocycles. The lowest BCUT2D eigenvalue weighted by Gasteiger charge is -2.41. The highest BCUT2D eigenvalue weighted by atomic mass is 16.5. The maximum absolute atomic E-state index is 12.6. The molecule has 3 atom stereocenters. The Labute approximate surface area is 216 Å². The lowest BCUT2D eigenvalue weighted by Crippen LogP contribution is -2.46. The van der Waals surface area contributed by atoms with Gasteiger partial charge in [0.15, 0.2) is 11.6 Å². The van der Waals surface area contributed by atoms with Crippen LogP contribution in [0, 0.1) is 0 Å². The molecule has 3 unspecified atom stereocenters. The molecular weight excluding hydrogens is 468 g/mol. The maximum Gasteiger partial charge on any atom is 0.303 e. The molecule has 0 heterocycles. The highest BCUT2D eigenvalue weighted by Gasteiger charge is 2.38. The van der Waals surface area contributed by atoms with Gasteiger partial charge in [-0.1, -0.05) is 6.92 Å². The van der Waals surface area contributed by atoms with Crippen molar-refractivity contribution in [2.75, 3.05) is 0 Å². The Bertz CT molecular complexity index is 769. The van der Waals surface area contributed by atoms with Crippen molar-refractivity contribution in [3.63, 3.8) is 0 Å². The summed E-state index contributed by atoms with van der Waals surface area (Å²) in [4.78, 5) is 46.6. The first-order valence-corrected chi connectivity index (χ1v) is 12.7. The predicted octanol–water partition coefficient (Wildman–Crippen LogP) is 4.97. The third kappa shape index (κ3) is 12.9. The van der Waals surface area contributed by atoms with E-state index in [9.17, 15) is 19.2 Å². The molecule has 0 spiro atoms. The lowest BCUT2D eigenvalue weighted by atomic mass is 9.92. The molecule has 0 bridgehead atoms. The Kier molecular flexibility index (Phi) is 12.9. The third-order valence-corrected chi connectivity index (χ3v) is 6.14. The minimum absolute atomic E-state index is 0.0770. The first-order valence-electron chi connectivity index (χ1n) is 12.7. The van der Waals surface area contributed by atoms with Gasteiger partial charge in [-0.25, -0.2) is 0 Å². The van der Waals surface area contributed by atoms with Gasteiger partial charge in [0.25, 0.3) is 0 Å². The number of ether oxygens (including phenoxy) is 3. The standard InChI is InChI=1S/C27H48O9/c1-11-27(10,21(29)13-15-23(32)33)35-19(3)17-25(6,7)36-24(4,5)16-18(2)34-26(8,9)20(28)12-14-22(30)31/h18-19H,11-17H2,1-10H3,(H,30,31)(H,32,33). The Morgan fingerprint density at radius 1 is 0.667 bits per heavy atom. The highest BCUT2D eigenvalue weighted by molar-refractivity contribution is 5.89. The van der Waals surface area contributed by atoms with Gasteiger partial charge in [-0.3, -0.25) is 19.2 Å². The Morgan fingerprint density at radius 2 is 1.06 bits per heavy atom. The van der Waals surface area contributed by atoms with Crippen LogP contribution in [0.2, 0.25) is 0 Å². The zero-order chi connectivity index (χ0) is 28.5. The van der Waals surface area contributed by atoms with Gasteiger partial charge in [-0.2, -0.15) is 0 Å². The number of ketones is 2. The second kappa shape index (κ2) is 13.6. The number of hydrogen-bond acceptors (Lipinski definition) is 7. The van der Waals surface area contributed by atoms with Crippen molar-refractivity contribution in [3.05, 3.63) is 0 Å². The van der Waals surface area contributed by atoms with E-state index in [1.807, 2.05) is 48.5 Å². The summed E-state index contributed by atoms with van der Waals surface area (Å²) in [5.74, 6) is -2.53. The van der Waals surface area contributed by atoms with Crippen LogP contribution in [-0.4, -0.2) is 68.3 Å². The van der Waals surface area contributed by atoms with Crippen LogP contribution in [0.5, 0.6) is 0 Å². The number of carboxylic acid groups (broad SMARTS) is 2. The molecule has 0 aromatic heterocycles. The van der Waals surface area contributed by atoms with Crippen molar-refractivity contribution in [1.82, 2.24) is 0 Å². The molecule has 0 aromatic rings. The van der Waals surface area contributed by atoms with Gasteiger partial charge in [0.1, 0.15) is 11.2 Å². The molecule has 0 aromatic carbocycles. The number of hydrogen-bond donors (Lipinski definition) is 2. The molecule has 9 heteroatoms. The molecule has 0 aliphatic carbocycles. The average molecular weight is 517 g/mol. The number of aliphatic carboxylic acids is 2. The normalized spacial score (nSPS) is 16.2. The van der Waals surface area contributed by atoms with Crippen LogP contribution in [0.15, 0.2) is 0 Å².